The lowest BCUT2D eigenvalue weighted by Crippen LogP contribution is -2.35. The van der Waals surface area contributed by atoms with Crippen molar-refractivity contribution in [3.63, 3.8) is 0 Å². The van der Waals surface area contributed by atoms with Crippen molar-refractivity contribution in [1.29, 1.82) is 0 Å². The van der Waals surface area contributed by atoms with Crippen LogP contribution < -0.4 is 4.72 Å². The van der Waals surface area contributed by atoms with Crippen LogP contribution in [0.2, 0.25) is 5.02 Å². The van der Waals surface area contributed by atoms with Gasteiger partial charge in [-0.2, -0.15) is 0 Å². The topological polar surface area (TPSA) is 62.6 Å². The molecule has 1 heterocycles. The highest BCUT2D eigenvalue weighted by Gasteiger charge is 2.20. The van der Waals surface area contributed by atoms with E-state index in [4.69, 9.17) is 16.0 Å². The number of likely N-dealkylation sites (N-methyl/N-ethyl adjacent to an activating group) is 1. The fourth-order valence-corrected chi connectivity index (χ4v) is 3.35. The average Bonchev–Trinajstić information content (AvgIpc) is 2.95. The number of hydrogen-bond donors (Lipinski definition) is 1. The molecule has 0 radical (unpaired) electrons. The molecule has 1 aromatic heterocycles. The number of hydrogen-bond acceptors (Lipinski definition) is 4. The van der Waals surface area contributed by atoms with E-state index in [2.05, 4.69) is 4.72 Å². The summed E-state index contributed by atoms with van der Waals surface area (Å²) < 4.78 is 32.4. The van der Waals surface area contributed by atoms with Crippen molar-refractivity contribution in [2.24, 2.45) is 0 Å². The van der Waals surface area contributed by atoms with Crippen molar-refractivity contribution in [1.82, 2.24) is 9.62 Å². The zero-order valence-corrected chi connectivity index (χ0v) is 14.1. The maximum absolute atomic E-state index is 12.2. The van der Waals surface area contributed by atoms with E-state index in [0.29, 0.717) is 10.6 Å². The lowest BCUT2D eigenvalue weighted by Gasteiger charge is -2.22. The number of nitrogens with zero attached hydrogens (tertiary/aromatic N) is 1. The summed E-state index contributed by atoms with van der Waals surface area (Å²) in [5.74, 6) is 0.641. The SMILES string of the molecule is CN(C)C(CNS(=O)(=O)Cc1ccc(Cl)cc1)c1ccco1. The third-order valence-corrected chi connectivity index (χ3v) is 4.83. The predicted octanol–water partition coefficient (Wildman–Crippen LogP) is 2.66. The molecule has 1 unspecified atom stereocenters. The second-order valence-corrected chi connectivity index (χ2v) is 7.47. The van der Waals surface area contributed by atoms with Crippen LogP contribution in [0, 0.1) is 0 Å². The van der Waals surface area contributed by atoms with Crippen molar-refractivity contribution < 1.29 is 12.8 Å². The largest absolute Gasteiger partial charge is 0.468 e. The van der Waals surface area contributed by atoms with Gasteiger partial charge in [-0.15, -0.1) is 0 Å². The normalized spacial score (nSPS) is 13.5. The number of benzene rings is 1. The quantitative estimate of drug-likeness (QED) is 0.840. The molecular formula is C15H19ClN2O3S. The number of halogens is 1. The fourth-order valence-electron chi connectivity index (χ4n) is 2.08. The van der Waals surface area contributed by atoms with Crippen molar-refractivity contribution in [3.8, 4) is 0 Å². The minimum Gasteiger partial charge on any atom is -0.468 e. The second kappa shape index (κ2) is 7.28. The first kappa shape index (κ1) is 17.0. The average molecular weight is 343 g/mol. The van der Waals surface area contributed by atoms with Gasteiger partial charge in [0.15, 0.2) is 0 Å². The summed E-state index contributed by atoms with van der Waals surface area (Å²) in [5.41, 5.74) is 0.691. The van der Waals surface area contributed by atoms with E-state index in [1.54, 1.807) is 36.6 Å². The van der Waals surface area contributed by atoms with Gasteiger partial charge in [0.1, 0.15) is 5.76 Å². The van der Waals surface area contributed by atoms with Crippen molar-refractivity contribution in [3.05, 3.63) is 59.0 Å². The van der Waals surface area contributed by atoms with Crippen LogP contribution in [-0.2, 0) is 15.8 Å². The van der Waals surface area contributed by atoms with Crippen LogP contribution in [0.3, 0.4) is 0 Å². The fraction of sp³-hybridized carbons (Fsp3) is 0.333. The summed E-state index contributed by atoms with van der Waals surface area (Å²) in [7, 11) is 0.323. The number of sulfonamides is 1. The van der Waals surface area contributed by atoms with Crippen LogP contribution in [0.1, 0.15) is 17.4 Å². The lowest BCUT2D eigenvalue weighted by molar-refractivity contribution is 0.259. The predicted molar refractivity (Wildman–Crippen MR) is 87.2 cm³/mol. The number of rotatable bonds is 7. The highest BCUT2D eigenvalue weighted by Crippen LogP contribution is 2.18. The Kier molecular flexibility index (Phi) is 5.63. The van der Waals surface area contributed by atoms with Crippen molar-refractivity contribution in [2.45, 2.75) is 11.8 Å². The minimum absolute atomic E-state index is 0.0809. The van der Waals surface area contributed by atoms with Gasteiger partial charge in [0.05, 0.1) is 18.1 Å². The van der Waals surface area contributed by atoms with Gasteiger partial charge in [0.2, 0.25) is 10.0 Å². The molecule has 0 amide bonds. The molecule has 5 nitrogen and oxygen atoms in total. The van der Waals surface area contributed by atoms with Gasteiger partial charge in [-0.1, -0.05) is 23.7 Å². The van der Waals surface area contributed by atoms with E-state index >= 15 is 0 Å². The molecule has 2 rings (SSSR count). The van der Waals surface area contributed by atoms with E-state index in [1.165, 1.54) is 0 Å². The van der Waals surface area contributed by atoms with Crippen LogP contribution in [-0.4, -0.2) is 34.0 Å². The third-order valence-electron chi connectivity index (χ3n) is 3.26. The zero-order valence-electron chi connectivity index (χ0n) is 12.5. The summed E-state index contributed by atoms with van der Waals surface area (Å²) in [6.45, 7) is 0.246. The Morgan fingerprint density at radius 1 is 1.23 bits per heavy atom. The molecule has 2 aromatic rings. The molecule has 0 fully saturated rings. The molecule has 1 N–H and O–H groups in total. The Hall–Kier alpha value is -1.34. The summed E-state index contributed by atoms with van der Waals surface area (Å²) >= 11 is 5.80. The molecular weight excluding hydrogens is 324 g/mol. The molecule has 1 atom stereocenters. The second-order valence-electron chi connectivity index (χ2n) is 5.23. The van der Waals surface area contributed by atoms with Crippen LogP contribution in [0.25, 0.3) is 0 Å². The van der Waals surface area contributed by atoms with E-state index in [1.807, 2.05) is 25.1 Å². The molecule has 0 spiro atoms. The monoisotopic (exact) mass is 342 g/mol. The van der Waals surface area contributed by atoms with Gasteiger partial charge in [-0.25, -0.2) is 13.1 Å². The Morgan fingerprint density at radius 3 is 2.45 bits per heavy atom. The van der Waals surface area contributed by atoms with E-state index in [0.717, 1.165) is 5.76 Å². The van der Waals surface area contributed by atoms with Crippen molar-refractivity contribution >= 4 is 21.6 Å². The summed E-state index contributed by atoms with van der Waals surface area (Å²) in [5, 5.41) is 0.583. The van der Waals surface area contributed by atoms with Crippen LogP contribution in [0.15, 0.2) is 47.1 Å². The van der Waals surface area contributed by atoms with Gasteiger partial charge < -0.3 is 4.42 Å². The number of nitrogens with one attached hydrogen (secondary N) is 1. The first-order chi connectivity index (χ1) is 10.4. The lowest BCUT2D eigenvalue weighted by atomic mass is 10.2. The van der Waals surface area contributed by atoms with Gasteiger partial charge in [0, 0.05) is 11.6 Å². The van der Waals surface area contributed by atoms with E-state index in [9.17, 15) is 8.42 Å². The Labute approximate surface area is 135 Å². The Morgan fingerprint density at radius 2 is 1.91 bits per heavy atom. The van der Waals surface area contributed by atoms with E-state index < -0.39 is 10.0 Å². The molecule has 120 valence electrons. The maximum atomic E-state index is 12.2. The summed E-state index contributed by atoms with van der Waals surface area (Å²) in [6, 6.07) is 10.2. The first-order valence-corrected chi connectivity index (χ1v) is 8.82. The van der Waals surface area contributed by atoms with Gasteiger partial charge in [-0.3, -0.25) is 4.90 Å². The smallest absolute Gasteiger partial charge is 0.215 e. The highest BCUT2D eigenvalue weighted by atomic mass is 35.5. The number of furan rings is 1. The third kappa shape index (κ3) is 4.84. The highest BCUT2D eigenvalue weighted by molar-refractivity contribution is 7.88. The molecule has 0 saturated carbocycles. The van der Waals surface area contributed by atoms with Gasteiger partial charge >= 0.3 is 0 Å². The van der Waals surface area contributed by atoms with Crippen LogP contribution in [0.4, 0.5) is 0 Å². The molecule has 0 saturated heterocycles. The van der Waals surface area contributed by atoms with E-state index in [-0.39, 0.29) is 18.3 Å². The van der Waals surface area contributed by atoms with Gasteiger partial charge in [0.25, 0.3) is 0 Å². The standard InChI is InChI=1S/C15H19ClN2O3S/c1-18(2)14(15-4-3-9-21-15)10-17-22(19,20)11-12-5-7-13(16)8-6-12/h3-9,14,17H,10-11H2,1-2H3. The Balaban J connectivity index is 2.00. The molecule has 0 aliphatic heterocycles. The Bertz CT molecular complexity index is 682. The molecule has 7 heteroatoms. The zero-order chi connectivity index (χ0) is 16.2. The maximum Gasteiger partial charge on any atom is 0.215 e. The molecule has 0 aliphatic rings. The first-order valence-electron chi connectivity index (χ1n) is 6.79. The van der Waals surface area contributed by atoms with Gasteiger partial charge in [-0.05, 0) is 43.9 Å². The molecule has 22 heavy (non-hydrogen) atoms. The van der Waals surface area contributed by atoms with Crippen LogP contribution in [0.5, 0.6) is 0 Å². The minimum atomic E-state index is -3.43. The molecule has 1 aromatic carbocycles. The van der Waals surface area contributed by atoms with Crippen LogP contribution >= 0.6 is 11.6 Å². The molecule has 0 bridgehead atoms. The summed E-state index contributed by atoms with van der Waals surface area (Å²) in [4.78, 5) is 1.91. The summed E-state index contributed by atoms with van der Waals surface area (Å²) in [6.07, 6.45) is 1.58. The van der Waals surface area contributed by atoms with Crippen molar-refractivity contribution in [2.75, 3.05) is 20.6 Å². The molecule has 0 aliphatic carbocycles.